The second-order valence-electron chi connectivity index (χ2n) is 5.76. The molecule has 1 spiro atoms. The van der Waals surface area contributed by atoms with Gasteiger partial charge in [-0.1, -0.05) is 6.07 Å². The summed E-state index contributed by atoms with van der Waals surface area (Å²) in [5.74, 6) is -0.546. The molecule has 0 aliphatic carbocycles. The van der Waals surface area contributed by atoms with Gasteiger partial charge in [-0.2, -0.15) is 4.31 Å². The molecule has 3 rings (SSSR count). The summed E-state index contributed by atoms with van der Waals surface area (Å²) in [4.78, 5) is 0.370. The lowest BCUT2D eigenvalue weighted by Gasteiger charge is -2.36. The van der Waals surface area contributed by atoms with Crippen LogP contribution in [0.1, 0.15) is 24.0 Å². The van der Waals surface area contributed by atoms with E-state index in [1.165, 1.54) is 4.31 Å². The van der Waals surface area contributed by atoms with Gasteiger partial charge >= 0.3 is 0 Å². The van der Waals surface area contributed by atoms with Gasteiger partial charge in [-0.25, -0.2) is 8.42 Å². The zero-order chi connectivity index (χ0) is 15.1. The standard InChI is InChI=1S/C15H21NO4S/c1-12-3-4-14(11-13(12)2)21(17,18)16-7-5-15(6-8-16)19-9-10-20-15/h3-4,11H,5-10H2,1-2H3. The molecule has 2 aliphatic heterocycles. The molecule has 2 heterocycles. The van der Waals surface area contributed by atoms with Crippen LogP contribution < -0.4 is 0 Å². The number of hydrogen-bond acceptors (Lipinski definition) is 4. The third-order valence-electron chi connectivity index (χ3n) is 4.41. The number of rotatable bonds is 2. The first kappa shape index (κ1) is 15.0. The molecule has 1 aromatic carbocycles. The molecular weight excluding hydrogens is 290 g/mol. The Kier molecular flexibility index (Phi) is 3.81. The molecule has 2 fully saturated rings. The minimum absolute atomic E-state index is 0.370. The molecule has 2 saturated heterocycles. The van der Waals surface area contributed by atoms with Crippen LogP contribution in [0.5, 0.6) is 0 Å². The Labute approximate surface area is 125 Å². The van der Waals surface area contributed by atoms with Crippen LogP contribution in [0.3, 0.4) is 0 Å². The van der Waals surface area contributed by atoms with E-state index in [4.69, 9.17) is 9.47 Å². The summed E-state index contributed by atoms with van der Waals surface area (Å²) in [6.45, 7) is 5.99. The molecule has 0 amide bonds. The third-order valence-corrected chi connectivity index (χ3v) is 6.31. The molecule has 0 saturated carbocycles. The highest BCUT2D eigenvalue weighted by Gasteiger charge is 2.42. The zero-order valence-corrected chi connectivity index (χ0v) is 13.3. The fraction of sp³-hybridized carbons (Fsp3) is 0.600. The monoisotopic (exact) mass is 311 g/mol. The topological polar surface area (TPSA) is 55.8 Å². The van der Waals surface area contributed by atoms with E-state index < -0.39 is 15.8 Å². The Bertz CT molecular complexity index is 625. The highest BCUT2D eigenvalue weighted by Crippen LogP contribution is 2.33. The van der Waals surface area contributed by atoms with Crippen molar-refractivity contribution >= 4 is 10.0 Å². The van der Waals surface area contributed by atoms with Gasteiger partial charge in [0.05, 0.1) is 18.1 Å². The van der Waals surface area contributed by atoms with E-state index in [2.05, 4.69) is 0 Å². The smallest absolute Gasteiger partial charge is 0.243 e. The maximum absolute atomic E-state index is 12.7. The van der Waals surface area contributed by atoms with E-state index in [-0.39, 0.29) is 0 Å². The number of sulfonamides is 1. The lowest BCUT2D eigenvalue weighted by molar-refractivity contribution is -0.179. The molecule has 0 N–H and O–H groups in total. The van der Waals surface area contributed by atoms with Gasteiger partial charge in [-0.05, 0) is 37.1 Å². The van der Waals surface area contributed by atoms with E-state index >= 15 is 0 Å². The average Bonchev–Trinajstić information content (AvgIpc) is 2.90. The lowest BCUT2D eigenvalue weighted by Crippen LogP contribution is -2.47. The molecule has 5 nitrogen and oxygen atoms in total. The highest BCUT2D eigenvalue weighted by atomic mass is 32.2. The summed E-state index contributed by atoms with van der Waals surface area (Å²) in [5, 5.41) is 0. The SMILES string of the molecule is Cc1ccc(S(=O)(=O)N2CCC3(CC2)OCCO3)cc1C. The van der Waals surface area contributed by atoms with Crippen LogP contribution in [-0.4, -0.2) is 44.8 Å². The quantitative estimate of drug-likeness (QED) is 0.836. The summed E-state index contributed by atoms with van der Waals surface area (Å²) in [6, 6.07) is 5.29. The first-order chi connectivity index (χ1) is 9.93. The molecule has 1 aromatic rings. The first-order valence-corrected chi connectivity index (χ1v) is 8.72. The van der Waals surface area contributed by atoms with E-state index in [1.54, 1.807) is 12.1 Å². The van der Waals surface area contributed by atoms with Crippen molar-refractivity contribution in [3.05, 3.63) is 29.3 Å². The number of nitrogens with zero attached hydrogens (tertiary/aromatic N) is 1. The number of aryl methyl sites for hydroxylation is 2. The van der Waals surface area contributed by atoms with Crippen molar-refractivity contribution in [2.75, 3.05) is 26.3 Å². The van der Waals surface area contributed by atoms with Crippen molar-refractivity contribution in [2.24, 2.45) is 0 Å². The van der Waals surface area contributed by atoms with Gasteiger partial charge in [0.15, 0.2) is 5.79 Å². The van der Waals surface area contributed by atoms with E-state index in [1.807, 2.05) is 19.9 Å². The Morgan fingerprint density at radius 3 is 2.24 bits per heavy atom. The molecule has 0 atom stereocenters. The number of benzene rings is 1. The van der Waals surface area contributed by atoms with Crippen LogP contribution in [0.25, 0.3) is 0 Å². The first-order valence-electron chi connectivity index (χ1n) is 7.28. The summed E-state index contributed by atoms with van der Waals surface area (Å²) < 4.78 is 38.2. The Hall–Kier alpha value is -0.950. The minimum atomic E-state index is -3.43. The van der Waals surface area contributed by atoms with Crippen molar-refractivity contribution in [3.8, 4) is 0 Å². The largest absolute Gasteiger partial charge is 0.347 e. The maximum Gasteiger partial charge on any atom is 0.243 e. The molecular formula is C15H21NO4S. The molecule has 116 valence electrons. The van der Waals surface area contributed by atoms with Crippen LogP contribution in [0, 0.1) is 13.8 Å². The average molecular weight is 311 g/mol. The third kappa shape index (κ3) is 2.73. The zero-order valence-electron chi connectivity index (χ0n) is 12.5. The van der Waals surface area contributed by atoms with Gasteiger partial charge in [0.1, 0.15) is 0 Å². The van der Waals surface area contributed by atoms with Crippen LogP contribution in [0.4, 0.5) is 0 Å². The molecule has 0 bridgehead atoms. The van der Waals surface area contributed by atoms with Crippen LogP contribution >= 0.6 is 0 Å². The predicted molar refractivity (Wildman–Crippen MR) is 78.5 cm³/mol. The summed E-state index contributed by atoms with van der Waals surface area (Å²) in [5.41, 5.74) is 2.09. The van der Waals surface area contributed by atoms with Gasteiger partial charge in [-0.15, -0.1) is 0 Å². The van der Waals surface area contributed by atoms with Crippen LogP contribution in [0.2, 0.25) is 0 Å². The second-order valence-corrected chi connectivity index (χ2v) is 7.70. The highest BCUT2D eigenvalue weighted by molar-refractivity contribution is 7.89. The summed E-state index contributed by atoms with van der Waals surface area (Å²) >= 11 is 0. The number of ether oxygens (including phenoxy) is 2. The lowest BCUT2D eigenvalue weighted by atomic mass is 10.1. The van der Waals surface area contributed by atoms with Crippen molar-refractivity contribution in [3.63, 3.8) is 0 Å². The second kappa shape index (κ2) is 5.35. The van der Waals surface area contributed by atoms with Crippen molar-refractivity contribution in [2.45, 2.75) is 37.4 Å². The van der Waals surface area contributed by atoms with Crippen molar-refractivity contribution < 1.29 is 17.9 Å². The molecule has 0 unspecified atom stereocenters. The molecule has 6 heteroatoms. The van der Waals surface area contributed by atoms with E-state index in [0.717, 1.165) is 11.1 Å². The van der Waals surface area contributed by atoms with Crippen LogP contribution in [0.15, 0.2) is 23.1 Å². The van der Waals surface area contributed by atoms with E-state index in [9.17, 15) is 8.42 Å². The molecule has 0 aromatic heterocycles. The molecule has 21 heavy (non-hydrogen) atoms. The maximum atomic E-state index is 12.7. The molecule has 2 aliphatic rings. The molecule has 0 radical (unpaired) electrons. The van der Waals surface area contributed by atoms with E-state index in [0.29, 0.717) is 44.0 Å². The van der Waals surface area contributed by atoms with Crippen LogP contribution in [-0.2, 0) is 19.5 Å². The fourth-order valence-electron chi connectivity index (χ4n) is 2.88. The van der Waals surface area contributed by atoms with Gasteiger partial charge in [-0.3, -0.25) is 0 Å². The Balaban J connectivity index is 1.78. The predicted octanol–water partition coefficient (Wildman–Crippen LogP) is 1.83. The minimum Gasteiger partial charge on any atom is -0.347 e. The summed E-state index contributed by atoms with van der Waals surface area (Å²) in [6.07, 6.45) is 1.19. The Morgan fingerprint density at radius 2 is 1.67 bits per heavy atom. The van der Waals surface area contributed by atoms with Gasteiger partial charge in [0.2, 0.25) is 10.0 Å². The van der Waals surface area contributed by atoms with Crippen molar-refractivity contribution in [1.29, 1.82) is 0 Å². The van der Waals surface area contributed by atoms with Gasteiger partial charge in [0, 0.05) is 25.9 Å². The number of piperidine rings is 1. The number of hydrogen-bond donors (Lipinski definition) is 0. The van der Waals surface area contributed by atoms with Crippen molar-refractivity contribution in [1.82, 2.24) is 4.31 Å². The van der Waals surface area contributed by atoms with Gasteiger partial charge < -0.3 is 9.47 Å². The summed E-state index contributed by atoms with van der Waals surface area (Å²) in [7, 11) is -3.43. The Morgan fingerprint density at radius 1 is 1.05 bits per heavy atom. The normalized spacial score (nSPS) is 22.8. The fourth-order valence-corrected chi connectivity index (χ4v) is 4.40. The van der Waals surface area contributed by atoms with Gasteiger partial charge in [0.25, 0.3) is 0 Å².